The molecule has 4 aromatic rings. The summed E-state index contributed by atoms with van der Waals surface area (Å²) in [5.41, 5.74) is 0.457. The van der Waals surface area contributed by atoms with Gasteiger partial charge in [0.1, 0.15) is 5.65 Å². The van der Waals surface area contributed by atoms with E-state index in [0.717, 1.165) is 0 Å². The summed E-state index contributed by atoms with van der Waals surface area (Å²) in [7, 11) is -3.97. The van der Waals surface area contributed by atoms with Crippen molar-refractivity contribution in [2.24, 2.45) is 10.3 Å². The first-order valence-corrected chi connectivity index (χ1v) is 8.89. The Morgan fingerprint density at radius 2 is 1.88 bits per heavy atom. The van der Waals surface area contributed by atoms with Crippen LogP contribution in [0.1, 0.15) is 0 Å². The molecule has 2 aromatic carbocycles. The number of nitrogens with zero attached hydrogens (tertiary/aromatic N) is 2. The Bertz CT molecular complexity index is 1370. The van der Waals surface area contributed by atoms with Gasteiger partial charge in [0.05, 0.1) is 21.3 Å². The number of nitrogens with one attached hydrogen (secondary N) is 1. The monoisotopic (exact) mass is 376 g/mol. The van der Waals surface area contributed by atoms with Crippen molar-refractivity contribution in [1.82, 2.24) is 9.38 Å². The SMILES string of the molecule is NS(=O)(=O)c1ccc2c(c1)c(N=O)c1[nH]c3cc(Cl)ccc3c(=O)n12. The summed E-state index contributed by atoms with van der Waals surface area (Å²) in [4.78, 5) is 27.0. The van der Waals surface area contributed by atoms with E-state index in [9.17, 15) is 18.1 Å². The first-order chi connectivity index (χ1) is 11.8. The van der Waals surface area contributed by atoms with E-state index in [4.69, 9.17) is 16.7 Å². The van der Waals surface area contributed by atoms with Gasteiger partial charge in [-0.05, 0) is 41.6 Å². The minimum Gasteiger partial charge on any atom is -0.339 e. The highest BCUT2D eigenvalue weighted by Crippen LogP contribution is 2.34. The quantitative estimate of drug-likeness (QED) is 0.521. The average Bonchev–Trinajstić information content (AvgIpc) is 2.86. The number of hydrogen-bond acceptors (Lipinski definition) is 5. The maximum Gasteiger partial charge on any atom is 0.266 e. The Morgan fingerprint density at radius 3 is 2.56 bits per heavy atom. The van der Waals surface area contributed by atoms with Gasteiger partial charge in [0.25, 0.3) is 5.56 Å². The molecule has 10 heteroatoms. The zero-order valence-electron chi connectivity index (χ0n) is 12.4. The van der Waals surface area contributed by atoms with Crippen LogP contribution in [0.4, 0.5) is 5.69 Å². The summed E-state index contributed by atoms with van der Waals surface area (Å²) in [5, 5.41) is 9.09. The molecule has 126 valence electrons. The zero-order chi connectivity index (χ0) is 17.9. The van der Waals surface area contributed by atoms with Gasteiger partial charge >= 0.3 is 0 Å². The van der Waals surface area contributed by atoms with E-state index in [-0.39, 0.29) is 27.2 Å². The van der Waals surface area contributed by atoms with E-state index < -0.39 is 10.0 Å². The number of nitrogens with two attached hydrogens (primary N) is 1. The van der Waals surface area contributed by atoms with Crippen molar-refractivity contribution in [2.45, 2.75) is 4.90 Å². The third-order valence-electron chi connectivity index (χ3n) is 4.00. The molecule has 0 amide bonds. The second-order valence-corrected chi connectivity index (χ2v) is 7.47. The molecule has 8 nitrogen and oxygen atoms in total. The summed E-state index contributed by atoms with van der Waals surface area (Å²) < 4.78 is 24.4. The predicted molar refractivity (Wildman–Crippen MR) is 94.9 cm³/mol. The molecule has 0 aliphatic carbocycles. The molecule has 0 saturated carbocycles. The van der Waals surface area contributed by atoms with Gasteiger partial charge in [0, 0.05) is 10.4 Å². The van der Waals surface area contributed by atoms with Gasteiger partial charge < -0.3 is 4.98 Å². The summed E-state index contributed by atoms with van der Waals surface area (Å²) in [6.07, 6.45) is 0. The Morgan fingerprint density at radius 1 is 1.12 bits per heavy atom. The number of aromatic amines is 1. The Labute approximate surface area is 144 Å². The first kappa shape index (κ1) is 15.8. The van der Waals surface area contributed by atoms with Crippen LogP contribution in [0.5, 0.6) is 0 Å². The average molecular weight is 377 g/mol. The van der Waals surface area contributed by atoms with Crippen LogP contribution in [0.3, 0.4) is 0 Å². The molecule has 2 heterocycles. The van der Waals surface area contributed by atoms with Crippen molar-refractivity contribution in [3.8, 4) is 0 Å². The maximum atomic E-state index is 12.8. The molecular weight excluding hydrogens is 368 g/mol. The van der Waals surface area contributed by atoms with Gasteiger partial charge in [0.15, 0.2) is 5.69 Å². The van der Waals surface area contributed by atoms with Crippen molar-refractivity contribution >= 4 is 54.8 Å². The highest BCUT2D eigenvalue weighted by Gasteiger charge is 2.19. The lowest BCUT2D eigenvalue weighted by Crippen LogP contribution is -2.14. The largest absolute Gasteiger partial charge is 0.339 e. The molecule has 0 bridgehead atoms. The van der Waals surface area contributed by atoms with Gasteiger partial charge in [-0.1, -0.05) is 11.6 Å². The van der Waals surface area contributed by atoms with Crippen molar-refractivity contribution in [3.05, 3.63) is 56.7 Å². The summed E-state index contributed by atoms with van der Waals surface area (Å²) in [6, 6.07) is 8.60. The van der Waals surface area contributed by atoms with Gasteiger partial charge in [-0.2, -0.15) is 0 Å². The van der Waals surface area contributed by atoms with Crippen LogP contribution >= 0.6 is 11.6 Å². The zero-order valence-corrected chi connectivity index (χ0v) is 13.9. The Hall–Kier alpha value is -2.75. The second kappa shape index (κ2) is 5.12. The number of fused-ring (bicyclic) bond motifs is 4. The van der Waals surface area contributed by atoms with Crippen LogP contribution in [-0.2, 0) is 10.0 Å². The molecule has 0 spiro atoms. The lowest BCUT2D eigenvalue weighted by molar-refractivity contribution is 0.598. The van der Waals surface area contributed by atoms with Crippen LogP contribution in [0.2, 0.25) is 5.02 Å². The van der Waals surface area contributed by atoms with Gasteiger partial charge in [-0.3, -0.25) is 9.20 Å². The number of halogens is 1. The smallest absolute Gasteiger partial charge is 0.266 e. The van der Waals surface area contributed by atoms with Crippen LogP contribution in [0, 0.1) is 4.91 Å². The molecule has 0 saturated heterocycles. The summed E-state index contributed by atoms with van der Waals surface area (Å²) >= 11 is 5.95. The molecule has 0 fully saturated rings. The first-order valence-electron chi connectivity index (χ1n) is 6.97. The summed E-state index contributed by atoms with van der Waals surface area (Å²) in [6.45, 7) is 0. The van der Waals surface area contributed by atoms with Crippen LogP contribution < -0.4 is 10.7 Å². The lowest BCUT2D eigenvalue weighted by atomic mass is 10.2. The van der Waals surface area contributed by atoms with Crippen LogP contribution in [-0.4, -0.2) is 17.8 Å². The van der Waals surface area contributed by atoms with E-state index in [0.29, 0.717) is 21.4 Å². The molecule has 0 unspecified atom stereocenters. The van der Waals surface area contributed by atoms with E-state index in [2.05, 4.69) is 10.2 Å². The van der Waals surface area contributed by atoms with Crippen molar-refractivity contribution in [1.29, 1.82) is 0 Å². The highest BCUT2D eigenvalue weighted by molar-refractivity contribution is 7.89. The van der Waals surface area contributed by atoms with E-state index >= 15 is 0 Å². The fourth-order valence-electron chi connectivity index (χ4n) is 2.90. The van der Waals surface area contributed by atoms with Crippen molar-refractivity contribution in [3.63, 3.8) is 0 Å². The normalized spacial score (nSPS) is 12.2. The minimum atomic E-state index is -3.97. The van der Waals surface area contributed by atoms with E-state index in [1.165, 1.54) is 22.6 Å². The lowest BCUT2D eigenvalue weighted by Gasteiger charge is -2.02. The van der Waals surface area contributed by atoms with E-state index in [1.807, 2.05) is 0 Å². The van der Waals surface area contributed by atoms with Gasteiger partial charge in [-0.15, -0.1) is 4.91 Å². The van der Waals surface area contributed by atoms with Crippen LogP contribution in [0.25, 0.3) is 27.5 Å². The summed E-state index contributed by atoms with van der Waals surface area (Å²) in [5.74, 6) is 0. The molecule has 2 aromatic heterocycles. The van der Waals surface area contributed by atoms with Crippen molar-refractivity contribution < 1.29 is 8.42 Å². The number of hydrogen-bond donors (Lipinski definition) is 2. The molecule has 4 rings (SSSR count). The molecular formula is C15H9ClN4O4S. The molecule has 0 aliphatic heterocycles. The number of benzene rings is 2. The van der Waals surface area contributed by atoms with Crippen molar-refractivity contribution in [2.75, 3.05) is 0 Å². The fourth-order valence-corrected chi connectivity index (χ4v) is 3.62. The number of primary sulfonamides is 1. The molecule has 0 aliphatic rings. The Kier molecular flexibility index (Phi) is 3.23. The third-order valence-corrected chi connectivity index (χ3v) is 5.15. The van der Waals surface area contributed by atoms with Gasteiger partial charge in [0.2, 0.25) is 10.0 Å². The minimum absolute atomic E-state index is 0.0838. The molecule has 0 atom stereocenters. The third kappa shape index (κ3) is 2.24. The predicted octanol–water partition coefficient (Wildman–Crippen LogP) is 2.63. The topological polar surface area (TPSA) is 127 Å². The molecule has 3 N–H and O–H groups in total. The number of H-pyrrole nitrogens is 1. The van der Waals surface area contributed by atoms with Gasteiger partial charge in [-0.25, -0.2) is 13.6 Å². The fraction of sp³-hybridized carbons (Fsp3) is 0. The van der Waals surface area contributed by atoms with E-state index in [1.54, 1.807) is 18.2 Å². The number of rotatable bonds is 2. The van der Waals surface area contributed by atoms with Crippen LogP contribution in [0.15, 0.2) is 51.3 Å². The standard InChI is InChI=1S/C15H9ClN4O4S/c16-7-1-3-9-11(5-7)18-14-13(19-22)10-6-8(25(17,23)24)2-4-12(10)20(14)15(9)21/h1-6,18H,(H2,17,23,24). The number of nitroso groups, excluding NO2 is 1. The Balaban J connectivity index is 2.28. The number of sulfonamides is 1. The second-order valence-electron chi connectivity index (χ2n) is 5.47. The molecule has 0 radical (unpaired) electrons. The molecule has 25 heavy (non-hydrogen) atoms. The highest BCUT2D eigenvalue weighted by atomic mass is 35.5. The maximum absolute atomic E-state index is 12.8. The number of aromatic nitrogens is 2.